The molecule has 0 saturated carbocycles. The van der Waals surface area contributed by atoms with E-state index in [9.17, 15) is 19.7 Å². The summed E-state index contributed by atoms with van der Waals surface area (Å²) in [5.74, 6) is -1.40. The van der Waals surface area contributed by atoms with Crippen LogP contribution in [0.15, 0.2) is 52.2 Å². The number of hydrazone groups is 1. The molecule has 1 aromatic carbocycles. The topological polar surface area (TPSA) is 127 Å². The fourth-order valence-corrected chi connectivity index (χ4v) is 1.64. The van der Waals surface area contributed by atoms with Crippen LogP contribution in [0.4, 0.5) is 5.69 Å². The molecular weight excluding hydrogens is 304 g/mol. The summed E-state index contributed by atoms with van der Waals surface area (Å²) in [6.07, 6.45) is 2.54. The lowest BCUT2D eigenvalue weighted by molar-refractivity contribution is -0.385. The van der Waals surface area contributed by atoms with Crippen molar-refractivity contribution in [1.82, 2.24) is 10.7 Å². The van der Waals surface area contributed by atoms with Gasteiger partial charge in [-0.05, 0) is 18.2 Å². The van der Waals surface area contributed by atoms with Gasteiger partial charge in [-0.2, -0.15) is 5.10 Å². The van der Waals surface area contributed by atoms with Crippen molar-refractivity contribution in [2.45, 2.75) is 6.54 Å². The summed E-state index contributed by atoms with van der Waals surface area (Å²) >= 11 is 0. The number of nitro groups is 1. The fourth-order valence-electron chi connectivity index (χ4n) is 1.64. The van der Waals surface area contributed by atoms with E-state index in [1.165, 1.54) is 24.5 Å². The number of benzene rings is 1. The third-order valence-corrected chi connectivity index (χ3v) is 2.71. The van der Waals surface area contributed by atoms with Crippen LogP contribution >= 0.6 is 0 Å². The smallest absolute Gasteiger partial charge is 0.329 e. The first-order valence-corrected chi connectivity index (χ1v) is 6.45. The molecule has 2 rings (SSSR count). The van der Waals surface area contributed by atoms with E-state index < -0.39 is 16.7 Å². The number of carbonyl (C=O) groups excluding carboxylic acids is 2. The van der Waals surface area contributed by atoms with Gasteiger partial charge in [-0.1, -0.05) is 12.1 Å². The zero-order valence-corrected chi connectivity index (χ0v) is 11.8. The Balaban J connectivity index is 1.88. The first kappa shape index (κ1) is 15.9. The predicted octanol–water partition coefficient (Wildman–Crippen LogP) is 0.954. The Bertz CT molecular complexity index is 739. The van der Waals surface area contributed by atoms with Gasteiger partial charge in [-0.3, -0.25) is 19.7 Å². The minimum Gasteiger partial charge on any atom is -0.467 e. The molecule has 1 heterocycles. The number of hydrogen-bond acceptors (Lipinski definition) is 6. The number of amides is 2. The van der Waals surface area contributed by atoms with Gasteiger partial charge in [0.2, 0.25) is 0 Å². The van der Waals surface area contributed by atoms with Crippen LogP contribution in [0.3, 0.4) is 0 Å². The van der Waals surface area contributed by atoms with Crippen LogP contribution in [0.5, 0.6) is 0 Å². The van der Waals surface area contributed by atoms with Crippen molar-refractivity contribution in [2.75, 3.05) is 0 Å². The summed E-state index contributed by atoms with van der Waals surface area (Å²) in [5, 5.41) is 16.7. The third-order valence-electron chi connectivity index (χ3n) is 2.71. The molecule has 0 aliphatic heterocycles. The van der Waals surface area contributed by atoms with Gasteiger partial charge >= 0.3 is 11.8 Å². The second-order valence-electron chi connectivity index (χ2n) is 4.28. The predicted molar refractivity (Wildman–Crippen MR) is 79.4 cm³/mol. The molecule has 2 aromatic rings. The Kier molecular flexibility index (Phi) is 5.18. The molecule has 9 heteroatoms. The Labute approximate surface area is 130 Å². The van der Waals surface area contributed by atoms with Crippen molar-refractivity contribution in [3.63, 3.8) is 0 Å². The van der Waals surface area contributed by atoms with Gasteiger partial charge in [0.1, 0.15) is 5.76 Å². The zero-order valence-electron chi connectivity index (χ0n) is 11.8. The van der Waals surface area contributed by atoms with Gasteiger partial charge in [0.05, 0.1) is 29.5 Å². The van der Waals surface area contributed by atoms with Gasteiger partial charge in [-0.25, -0.2) is 5.43 Å². The molecule has 0 bridgehead atoms. The first-order valence-electron chi connectivity index (χ1n) is 6.45. The molecule has 2 amide bonds. The maximum absolute atomic E-state index is 11.5. The van der Waals surface area contributed by atoms with E-state index >= 15 is 0 Å². The van der Waals surface area contributed by atoms with E-state index in [4.69, 9.17) is 4.42 Å². The van der Waals surface area contributed by atoms with E-state index in [0.717, 1.165) is 6.21 Å². The quantitative estimate of drug-likeness (QED) is 0.367. The number of hydrogen-bond donors (Lipinski definition) is 2. The Morgan fingerprint density at radius 1 is 1.22 bits per heavy atom. The molecule has 0 spiro atoms. The second-order valence-corrected chi connectivity index (χ2v) is 4.28. The number of carbonyl (C=O) groups is 2. The maximum atomic E-state index is 11.5. The number of nitrogens with zero attached hydrogens (tertiary/aromatic N) is 2. The number of rotatable bonds is 5. The van der Waals surface area contributed by atoms with Gasteiger partial charge in [0.15, 0.2) is 0 Å². The minimum atomic E-state index is -0.994. The zero-order chi connectivity index (χ0) is 16.7. The van der Waals surface area contributed by atoms with Gasteiger partial charge in [0.25, 0.3) is 5.69 Å². The Hall–Kier alpha value is -3.49. The third kappa shape index (κ3) is 4.49. The maximum Gasteiger partial charge on any atom is 0.329 e. The van der Waals surface area contributed by atoms with Crippen LogP contribution in [-0.4, -0.2) is 23.0 Å². The van der Waals surface area contributed by atoms with Crippen molar-refractivity contribution in [1.29, 1.82) is 0 Å². The van der Waals surface area contributed by atoms with Gasteiger partial charge in [-0.15, -0.1) is 0 Å². The SMILES string of the molecule is O=C(NCc1ccco1)C(=O)NN=Cc1ccccc1[N+](=O)[O-]. The summed E-state index contributed by atoms with van der Waals surface area (Å²) < 4.78 is 5.00. The van der Waals surface area contributed by atoms with Crippen molar-refractivity contribution < 1.29 is 18.9 Å². The van der Waals surface area contributed by atoms with Gasteiger partial charge < -0.3 is 9.73 Å². The molecule has 0 unspecified atom stereocenters. The van der Waals surface area contributed by atoms with Crippen molar-refractivity contribution in [3.8, 4) is 0 Å². The molecule has 23 heavy (non-hydrogen) atoms. The van der Waals surface area contributed by atoms with Crippen molar-refractivity contribution in [2.24, 2.45) is 5.10 Å². The van der Waals surface area contributed by atoms with Crippen LogP contribution in [-0.2, 0) is 16.1 Å². The normalized spacial score (nSPS) is 10.4. The molecule has 2 N–H and O–H groups in total. The van der Waals surface area contributed by atoms with Gasteiger partial charge in [0, 0.05) is 6.07 Å². The lowest BCUT2D eigenvalue weighted by atomic mass is 10.2. The molecule has 0 aliphatic rings. The standard InChI is InChI=1S/C14H12N4O5/c19-13(15-9-11-5-3-7-23-11)14(20)17-16-8-10-4-1-2-6-12(10)18(21)22/h1-8H,9H2,(H,15,19)(H,17,20). The number of nitrogens with one attached hydrogen (secondary N) is 2. The molecule has 0 atom stereocenters. The number of furan rings is 1. The lowest BCUT2D eigenvalue weighted by Crippen LogP contribution is -2.37. The second kappa shape index (κ2) is 7.50. The van der Waals surface area contributed by atoms with E-state index in [1.807, 2.05) is 5.43 Å². The average Bonchev–Trinajstić information content (AvgIpc) is 3.06. The van der Waals surface area contributed by atoms with Crippen molar-refractivity contribution >= 4 is 23.7 Å². The summed E-state index contributed by atoms with van der Waals surface area (Å²) in [6.45, 7) is 0.0626. The van der Waals surface area contributed by atoms with Crippen LogP contribution in [0.1, 0.15) is 11.3 Å². The fraction of sp³-hybridized carbons (Fsp3) is 0.0714. The highest BCUT2D eigenvalue weighted by Gasteiger charge is 2.13. The highest BCUT2D eigenvalue weighted by molar-refractivity contribution is 6.35. The Morgan fingerprint density at radius 2 is 2.00 bits per heavy atom. The lowest BCUT2D eigenvalue weighted by Gasteiger charge is -2.01. The molecular formula is C14H12N4O5. The van der Waals surface area contributed by atoms with Crippen LogP contribution < -0.4 is 10.7 Å². The van der Waals surface area contributed by atoms with E-state index in [-0.39, 0.29) is 17.8 Å². The van der Waals surface area contributed by atoms with E-state index in [0.29, 0.717) is 5.76 Å². The highest BCUT2D eigenvalue weighted by atomic mass is 16.6. The van der Waals surface area contributed by atoms with Crippen LogP contribution in [0.25, 0.3) is 0 Å². The Morgan fingerprint density at radius 3 is 2.70 bits per heavy atom. The number of nitro benzene ring substituents is 1. The summed E-state index contributed by atoms with van der Waals surface area (Å²) in [6, 6.07) is 9.16. The van der Waals surface area contributed by atoms with Crippen LogP contribution in [0, 0.1) is 10.1 Å². The largest absolute Gasteiger partial charge is 0.467 e. The molecule has 0 radical (unpaired) electrons. The minimum absolute atomic E-state index is 0.0626. The van der Waals surface area contributed by atoms with E-state index in [2.05, 4.69) is 10.4 Å². The first-order chi connectivity index (χ1) is 11.1. The van der Waals surface area contributed by atoms with E-state index in [1.54, 1.807) is 18.2 Å². The summed E-state index contributed by atoms with van der Waals surface area (Å²) in [5.41, 5.74) is 2.04. The molecule has 0 saturated heterocycles. The summed E-state index contributed by atoms with van der Waals surface area (Å²) in [7, 11) is 0. The monoisotopic (exact) mass is 316 g/mol. The van der Waals surface area contributed by atoms with Crippen LogP contribution in [0.2, 0.25) is 0 Å². The highest BCUT2D eigenvalue weighted by Crippen LogP contribution is 2.14. The van der Waals surface area contributed by atoms with Crippen molar-refractivity contribution in [3.05, 3.63) is 64.1 Å². The molecule has 0 aliphatic carbocycles. The molecule has 118 valence electrons. The summed E-state index contributed by atoms with van der Waals surface area (Å²) in [4.78, 5) is 33.3. The number of para-hydroxylation sites is 1. The molecule has 1 aromatic heterocycles. The molecule has 0 fully saturated rings. The molecule has 9 nitrogen and oxygen atoms in total. The average molecular weight is 316 g/mol.